The number of aromatic amines is 1. The van der Waals surface area contributed by atoms with Crippen LogP contribution in [-0.2, 0) is 5.67 Å². The molecule has 0 saturated carbocycles. The Kier molecular flexibility index (Phi) is 4.77. The predicted octanol–water partition coefficient (Wildman–Crippen LogP) is 3.95. The SMILES string of the molecule is C=c1[nH]cc/c1=C(/C)N1CCCC(c2cc(C)cc(C(C)(C)F)c2)C1. The molecule has 3 heteroatoms. The summed E-state index contributed by atoms with van der Waals surface area (Å²) in [4.78, 5) is 5.62. The average Bonchev–Trinajstić information content (AvgIpc) is 2.99. The van der Waals surface area contributed by atoms with Gasteiger partial charge in [0.25, 0.3) is 0 Å². The lowest BCUT2D eigenvalue weighted by molar-refractivity contribution is 0.221. The molecule has 134 valence electrons. The van der Waals surface area contributed by atoms with Crippen molar-refractivity contribution in [3.63, 3.8) is 0 Å². The summed E-state index contributed by atoms with van der Waals surface area (Å²) >= 11 is 0. The summed E-state index contributed by atoms with van der Waals surface area (Å²) in [7, 11) is 0. The van der Waals surface area contributed by atoms with Crippen LogP contribution in [0.1, 0.15) is 56.2 Å². The van der Waals surface area contributed by atoms with E-state index in [0.717, 1.165) is 42.4 Å². The molecule has 0 spiro atoms. The fourth-order valence-corrected chi connectivity index (χ4v) is 3.86. The van der Waals surface area contributed by atoms with E-state index in [-0.39, 0.29) is 0 Å². The van der Waals surface area contributed by atoms with Crippen molar-refractivity contribution in [2.75, 3.05) is 13.1 Å². The first-order valence-electron chi connectivity index (χ1n) is 9.15. The number of rotatable bonds is 3. The largest absolute Gasteiger partial charge is 0.374 e. The standard InChI is InChI=1S/C22H29FN2/c1-15-11-19(13-20(12-15)22(4,5)23)18-7-6-10-25(14-18)17(3)21-8-9-24-16(21)2/h8-9,11-13,18,24H,2,6-7,10,14H2,1,3-5H3/b21-17+. The number of H-pyrrole nitrogens is 1. The first kappa shape index (κ1) is 17.8. The van der Waals surface area contributed by atoms with E-state index < -0.39 is 5.67 Å². The van der Waals surface area contributed by atoms with Gasteiger partial charge in [-0.05, 0) is 57.7 Å². The van der Waals surface area contributed by atoms with Gasteiger partial charge in [-0.15, -0.1) is 0 Å². The second kappa shape index (κ2) is 6.70. The van der Waals surface area contributed by atoms with Crippen LogP contribution in [0.3, 0.4) is 0 Å². The maximum Gasteiger partial charge on any atom is 0.130 e. The topological polar surface area (TPSA) is 19.0 Å². The Morgan fingerprint density at radius 2 is 2.08 bits per heavy atom. The number of nitrogens with zero attached hydrogens (tertiary/aromatic N) is 1. The van der Waals surface area contributed by atoms with E-state index in [1.807, 2.05) is 12.3 Å². The minimum Gasteiger partial charge on any atom is -0.374 e. The number of halogens is 1. The molecule has 1 unspecified atom stereocenters. The lowest BCUT2D eigenvalue weighted by Gasteiger charge is -2.35. The normalized spacial score (nSPS) is 19.9. The van der Waals surface area contributed by atoms with E-state index in [1.165, 1.54) is 16.5 Å². The van der Waals surface area contributed by atoms with Crippen molar-refractivity contribution in [1.29, 1.82) is 0 Å². The number of aromatic nitrogens is 1. The monoisotopic (exact) mass is 340 g/mol. The minimum atomic E-state index is -1.30. The predicted molar refractivity (Wildman–Crippen MR) is 104 cm³/mol. The molecule has 25 heavy (non-hydrogen) atoms. The van der Waals surface area contributed by atoms with E-state index in [9.17, 15) is 4.39 Å². The van der Waals surface area contributed by atoms with Crippen molar-refractivity contribution in [2.45, 2.75) is 52.1 Å². The second-order valence-electron chi connectivity index (χ2n) is 7.85. The maximum atomic E-state index is 14.5. The van der Waals surface area contributed by atoms with Gasteiger partial charge in [0.1, 0.15) is 5.67 Å². The van der Waals surface area contributed by atoms with Gasteiger partial charge in [-0.25, -0.2) is 4.39 Å². The number of likely N-dealkylation sites (tertiary alicyclic amines) is 1. The average molecular weight is 340 g/mol. The first-order chi connectivity index (χ1) is 11.8. The van der Waals surface area contributed by atoms with E-state index in [1.54, 1.807) is 13.8 Å². The highest BCUT2D eigenvalue weighted by Crippen LogP contribution is 2.33. The highest BCUT2D eigenvalue weighted by Gasteiger charge is 2.25. The molecule has 1 aromatic carbocycles. The summed E-state index contributed by atoms with van der Waals surface area (Å²) in [6.45, 7) is 13.6. The summed E-state index contributed by atoms with van der Waals surface area (Å²) in [6, 6.07) is 8.36. The van der Waals surface area contributed by atoms with Gasteiger partial charge < -0.3 is 9.88 Å². The van der Waals surface area contributed by atoms with E-state index in [2.05, 4.69) is 48.5 Å². The maximum absolute atomic E-state index is 14.5. The molecule has 0 radical (unpaired) electrons. The number of alkyl halides is 1. The summed E-state index contributed by atoms with van der Waals surface area (Å²) in [5.74, 6) is 0.442. The van der Waals surface area contributed by atoms with Crippen LogP contribution in [0.25, 0.3) is 12.3 Å². The van der Waals surface area contributed by atoms with Crippen LogP contribution in [-0.4, -0.2) is 23.0 Å². The number of piperidine rings is 1. The Labute approximate surface area is 150 Å². The summed E-state index contributed by atoms with van der Waals surface area (Å²) in [5.41, 5.74) is 3.16. The number of hydrogen-bond donors (Lipinski definition) is 1. The van der Waals surface area contributed by atoms with Gasteiger partial charge in [0.05, 0.1) is 0 Å². The van der Waals surface area contributed by atoms with Crippen LogP contribution in [0.5, 0.6) is 0 Å². The first-order valence-corrected chi connectivity index (χ1v) is 9.15. The van der Waals surface area contributed by atoms with Gasteiger partial charge in [0, 0.05) is 41.5 Å². The number of benzene rings is 1. The fourth-order valence-electron chi connectivity index (χ4n) is 3.86. The van der Waals surface area contributed by atoms with Crippen LogP contribution < -0.4 is 10.6 Å². The molecule has 2 nitrogen and oxygen atoms in total. The highest BCUT2D eigenvalue weighted by atomic mass is 19.1. The molecule has 0 amide bonds. The molecule has 0 bridgehead atoms. The smallest absolute Gasteiger partial charge is 0.130 e. The quantitative estimate of drug-likeness (QED) is 0.896. The Morgan fingerprint density at radius 3 is 2.72 bits per heavy atom. The van der Waals surface area contributed by atoms with Gasteiger partial charge in [0.15, 0.2) is 0 Å². The molecular formula is C22H29FN2. The zero-order chi connectivity index (χ0) is 18.2. The van der Waals surface area contributed by atoms with Gasteiger partial charge in [-0.1, -0.05) is 30.3 Å². The number of aryl methyl sites for hydroxylation is 1. The summed E-state index contributed by atoms with van der Waals surface area (Å²) in [6.07, 6.45) is 4.25. The van der Waals surface area contributed by atoms with Crippen molar-refractivity contribution in [3.05, 3.63) is 57.7 Å². The number of hydrogen-bond acceptors (Lipinski definition) is 1. The van der Waals surface area contributed by atoms with E-state index in [0.29, 0.717) is 5.92 Å². The van der Waals surface area contributed by atoms with Gasteiger partial charge >= 0.3 is 0 Å². The van der Waals surface area contributed by atoms with Crippen LogP contribution in [0.4, 0.5) is 4.39 Å². The minimum absolute atomic E-state index is 0.442. The van der Waals surface area contributed by atoms with Gasteiger partial charge in [-0.2, -0.15) is 0 Å². The molecule has 2 heterocycles. The van der Waals surface area contributed by atoms with Gasteiger partial charge in [0.2, 0.25) is 0 Å². The van der Waals surface area contributed by atoms with Crippen LogP contribution >= 0.6 is 0 Å². The van der Waals surface area contributed by atoms with E-state index >= 15 is 0 Å². The summed E-state index contributed by atoms with van der Waals surface area (Å²) in [5, 5.41) is 2.16. The molecule has 3 rings (SSSR count). The molecule has 1 aromatic heterocycles. The Bertz CT molecular complexity index is 857. The zero-order valence-electron chi connectivity index (χ0n) is 15.8. The summed E-state index contributed by atoms with van der Waals surface area (Å²) < 4.78 is 14.5. The third-order valence-corrected chi connectivity index (χ3v) is 5.38. The molecule has 1 saturated heterocycles. The molecule has 1 aliphatic heterocycles. The third-order valence-electron chi connectivity index (χ3n) is 5.38. The van der Waals surface area contributed by atoms with Crippen molar-refractivity contribution >= 4 is 12.3 Å². The van der Waals surface area contributed by atoms with Crippen molar-refractivity contribution < 1.29 is 4.39 Å². The van der Waals surface area contributed by atoms with Crippen molar-refractivity contribution in [3.8, 4) is 0 Å². The molecule has 1 aliphatic rings. The fraction of sp³-hybridized carbons (Fsp3) is 0.455. The molecule has 2 aromatic rings. The van der Waals surface area contributed by atoms with Crippen LogP contribution in [0.2, 0.25) is 0 Å². The number of nitrogens with one attached hydrogen (secondary N) is 1. The van der Waals surface area contributed by atoms with Crippen molar-refractivity contribution in [2.24, 2.45) is 0 Å². The van der Waals surface area contributed by atoms with E-state index in [4.69, 9.17) is 0 Å². The molecule has 1 atom stereocenters. The Hall–Kier alpha value is -2.03. The molecular weight excluding hydrogens is 311 g/mol. The lowest BCUT2D eigenvalue weighted by Crippen LogP contribution is -2.37. The van der Waals surface area contributed by atoms with Crippen LogP contribution in [0, 0.1) is 6.92 Å². The zero-order valence-corrected chi connectivity index (χ0v) is 15.8. The highest BCUT2D eigenvalue weighted by molar-refractivity contribution is 5.42. The molecule has 1 N–H and O–H groups in total. The second-order valence-corrected chi connectivity index (χ2v) is 7.85. The lowest BCUT2D eigenvalue weighted by atomic mass is 9.86. The molecule has 1 fully saturated rings. The third kappa shape index (κ3) is 3.81. The van der Waals surface area contributed by atoms with Crippen molar-refractivity contribution in [1.82, 2.24) is 9.88 Å². The Balaban J connectivity index is 1.91. The molecule has 0 aliphatic carbocycles. The Morgan fingerprint density at radius 1 is 1.32 bits per heavy atom. The van der Waals surface area contributed by atoms with Crippen LogP contribution in [0.15, 0.2) is 30.5 Å². The van der Waals surface area contributed by atoms with Gasteiger partial charge in [-0.3, -0.25) is 0 Å².